The number of aromatic nitrogens is 3. The Hall–Kier alpha value is -1.88. The topological polar surface area (TPSA) is 62.8 Å². The first-order valence-corrected chi connectivity index (χ1v) is 6.58. The molecule has 0 aliphatic carbocycles. The summed E-state index contributed by atoms with van der Waals surface area (Å²) < 4.78 is 5.57. The molecule has 0 aliphatic rings. The predicted molar refractivity (Wildman–Crippen MR) is 73.9 cm³/mol. The van der Waals surface area contributed by atoms with Gasteiger partial charge in [-0.15, -0.1) is 5.10 Å². The lowest BCUT2D eigenvalue weighted by molar-refractivity contribution is 0.288. The molecule has 2 rings (SSSR count). The van der Waals surface area contributed by atoms with Crippen molar-refractivity contribution in [3.8, 4) is 5.88 Å². The van der Waals surface area contributed by atoms with E-state index in [0.717, 1.165) is 36.6 Å². The molecule has 0 radical (unpaired) electrons. The quantitative estimate of drug-likeness (QED) is 0.749. The summed E-state index contributed by atoms with van der Waals surface area (Å²) in [5.41, 5.74) is 2.93. The first-order valence-electron chi connectivity index (χ1n) is 6.58. The van der Waals surface area contributed by atoms with Gasteiger partial charge < -0.3 is 10.1 Å². The SMILES string of the molecule is CCCNCc1cccc(COc2cc(C)[nH]n2)n1. The summed E-state index contributed by atoms with van der Waals surface area (Å²) >= 11 is 0. The van der Waals surface area contributed by atoms with E-state index < -0.39 is 0 Å². The number of aromatic amines is 1. The van der Waals surface area contributed by atoms with Crippen molar-refractivity contribution < 1.29 is 4.74 Å². The van der Waals surface area contributed by atoms with Crippen LogP contribution in [-0.4, -0.2) is 21.7 Å². The summed E-state index contributed by atoms with van der Waals surface area (Å²) in [6.07, 6.45) is 1.13. The van der Waals surface area contributed by atoms with Gasteiger partial charge in [-0.25, -0.2) is 0 Å². The number of hydrogen-bond donors (Lipinski definition) is 2. The van der Waals surface area contributed by atoms with Crippen LogP contribution in [0.1, 0.15) is 30.4 Å². The van der Waals surface area contributed by atoms with Crippen molar-refractivity contribution in [2.24, 2.45) is 0 Å². The number of ether oxygens (including phenoxy) is 1. The average Bonchev–Trinajstić information content (AvgIpc) is 2.83. The van der Waals surface area contributed by atoms with Crippen LogP contribution >= 0.6 is 0 Å². The van der Waals surface area contributed by atoms with Crippen LogP contribution in [0.3, 0.4) is 0 Å². The molecule has 2 aromatic heterocycles. The number of pyridine rings is 1. The molecule has 0 atom stereocenters. The molecule has 19 heavy (non-hydrogen) atoms. The standard InChI is InChI=1S/C14H20N4O/c1-3-7-15-9-12-5-4-6-13(16-12)10-19-14-8-11(2)17-18-14/h4-6,8,15H,3,7,9-10H2,1-2H3,(H,17,18). The highest BCUT2D eigenvalue weighted by molar-refractivity contribution is 5.14. The van der Waals surface area contributed by atoms with Crippen LogP contribution in [0, 0.1) is 6.92 Å². The van der Waals surface area contributed by atoms with E-state index in [0.29, 0.717) is 12.5 Å². The van der Waals surface area contributed by atoms with Crippen LogP contribution in [0.5, 0.6) is 5.88 Å². The second kappa shape index (κ2) is 6.89. The van der Waals surface area contributed by atoms with Gasteiger partial charge in [0.2, 0.25) is 5.88 Å². The zero-order chi connectivity index (χ0) is 13.5. The van der Waals surface area contributed by atoms with Crippen LogP contribution in [0.25, 0.3) is 0 Å². The molecule has 0 spiro atoms. The molecule has 0 saturated carbocycles. The maximum atomic E-state index is 5.57. The Morgan fingerprint density at radius 3 is 2.89 bits per heavy atom. The largest absolute Gasteiger partial charge is 0.470 e. The van der Waals surface area contributed by atoms with Crippen LogP contribution in [-0.2, 0) is 13.2 Å². The van der Waals surface area contributed by atoms with Crippen molar-refractivity contribution in [2.45, 2.75) is 33.4 Å². The molecule has 102 valence electrons. The molecular formula is C14H20N4O. The Labute approximate surface area is 113 Å². The second-order valence-electron chi connectivity index (χ2n) is 4.47. The highest BCUT2D eigenvalue weighted by atomic mass is 16.5. The zero-order valence-corrected chi connectivity index (χ0v) is 11.4. The van der Waals surface area contributed by atoms with Gasteiger partial charge in [-0.2, -0.15) is 0 Å². The number of hydrogen-bond acceptors (Lipinski definition) is 4. The highest BCUT2D eigenvalue weighted by Gasteiger charge is 2.01. The van der Waals surface area contributed by atoms with Crippen molar-refractivity contribution >= 4 is 0 Å². The summed E-state index contributed by atoms with van der Waals surface area (Å²) in [7, 11) is 0. The summed E-state index contributed by atoms with van der Waals surface area (Å²) in [5.74, 6) is 0.605. The van der Waals surface area contributed by atoms with Crippen molar-refractivity contribution in [1.29, 1.82) is 0 Å². The van der Waals surface area contributed by atoms with E-state index >= 15 is 0 Å². The van der Waals surface area contributed by atoms with E-state index in [9.17, 15) is 0 Å². The Morgan fingerprint density at radius 1 is 1.32 bits per heavy atom. The number of H-pyrrole nitrogens is 1. The fraction of sp³-hybridized carbons (Fsp3) is 0.429. The molecule has 0 bridgehead atoms. The third kappa shape index (κ3) is 4.37. The maximum Gasteiger partial charge on any atom is 0.233 e. The molecule has 2 aromatic rings. The Kier molecular flexibility index (Phi) is 4.92. The van der Waals surface area contributed by atoms with Gasteiger partial charge in [-0.05, 0) is 32.0 Å². The summed E-state index contributed by atoms with van der Waals surface area (Å²) in [6, 6.07) is 7.85. The van der Waals surface area contributed by atoms with Gasteiger partial charge in [-0.1, -0.05) is 13.0 Å². The van der Waals surface area contributed by atoms with Crippen LogP contribution in [0.2, 0.25) is 0 Å². The molecule has 2 N–H and O–H groups in total. The molecule has 5 heteroatoms. The van der Waals surface area contributed by atoms with Gasteiger partial charge in [0.05, 0.1) is 11.4 Å². The Balaban J connectivity index is 1.87. The van der Waals surface area contributed by atoms with Crippen molar-refractivity contribution in [3.63, 3.8) is 0 Å². The van der Waals surface area contributed by atoms with Crippen molar-refractivity contribution in [1.82, 2.24) is 20.5 Å². The minimum atomic E-state index is 0.436. The molecule has 0 aliphatic heterocycles. The first-order chi connectivity index (χ1) is 9.28. The highest BCUT2D eigenvalue weighted by Crippen LogP contribution is 2.09. The second-order valence-corrected chi connectivity index (χ2v) is 4.47. The summed E-state index contributed by atoms with van der Waals surface area (Å²) in [6.45, 7) is 6.33. The van der Waals surface area contributed by atoms with Gasteiger partial charge >= 0.3 is 0 Å². The lowest BCUT2D eigenvalue weighted by Gasteiger charge is -2.06. The molecule has 5 nitrogen and oxygen atoms in total. The first kappa shape index (κ1) is 13.5. The van der Waals surface area contributed by atoms with Crippen LogP contribution in [0.15, 0.2) is 24.3 Å². The Morgan fingerprint density at radius 2 is 2.16 bits per heavy atom. The molecule has 0 saturated heterocycles. The molecule has 2 heterocycles. The minimum absolute atomic E-state index is 0.436. The van der Waals surface area contributed by atoms with E-state index in [-0.39, 0.29) is 0 Å². The summed E-state index contributed by atoms with van der Waals surface area (Å²) in [5, 5.41) is 10.2. The van der Waals surface area contributed by atoms with E-state index in [1.54, 1.807) is 0 Å². The third-order valence-electron chi connectivity index (χ3n) is 2.65. The smallest absolute Gasteiger partial charge is 0.233 e. The molecule has 0 unspecified atom stereocenters. The Bertz CT molecular complexity index is 510. The van der Waals surface area contributed by atoms with E-state index in [1.165, 1.54) is 0 Å². The summed E-state index contributed by atoms with van der Waals surface area (Å²) in [4.78, 5) is 4.54. The molecule has 0 amide bonds. The molecule has 0 fully saturated rings. The minimum Gasteiger partial charge on any atom is -0.470 e. The van der Waals surface area contributed by atoms with Crippen LogP contribution < -0.4 is 10.1 Å². The van der Waals surface area contributed by atoms with E-state index in [2.05, 4.69) is 27.4 Å². The number of nitrogens with one attached hydrogen (secondary N) is 2. The van der Waals surface area contributed by atoms with Gasteiger partial charge in [-0.3, -0.25) is 10.1 Å². The lowest BCUT2D eigenvalue weighted by Crippen LogP contribution is -2.15. The molecule has 0 aromatic carbocycles. The van der Waals surface area contributed by atoms with Crippen molar-refractivity contribution in [2.75, 3.05) is 6.54 Å². The van der Waals surface area contributed by atoms with E-state index in [1.807, 2.05) is 31.2 Å². The zero-order valence-electron chi connectivity index (χ0n) is 11.4. The van der Waals surface area contributed by atoms with E-state index in [4.69, 9.17) is 4.74 Å². The fourth-order valence-electron chi connectivity index (χ4n) is 1.72. The monoisotopic (exact) mass is 260 g/mol. The average molecular weight is 260 g/mol. The fourth-order valence-corrected chi connectivity index (χ4v) is 1.72. The number of nitrogens with zero attached hydrogens (tertiary/aromatic N) is 2. The van der Waals surface area contributed by atoms with Gasteiger partial charge in [0, 0.05) is 18.3 Å². The third-order valence-corrected chi connectivity index (χ3v) is 2.65. The predicted octanol–water partition coefficient (Wildman–Crippen LogP) is 2.19. The normalized spacial score (nSPS) is 10.6. The number of rotatable bonds is 7. The van der Waals surface area contributed by atoms with Crippen molar-refractivity contribution in [3.05, 3.63) is 41.3 Å². The number of aryl methyl sites for hydroxylation is 1. The van der Waals surface area contributed by atoms with Gasteiger partial charge in [0.25, 0.3) is 0 Å². The van der Waals surface area contributed by atoms with Gasteiger partial charge in [0.15, 0.2) is 0 Å². The maximum absolute atomic E-state index is 5.57. The van der Waals surface area contributed by atoms with Crippen LogP contribution in [0.4, 0.5) is 0 Å². The molecular weight excluding hydrogens is 240 g/mol. The van der Waals surface area contributed by atoms with Gasteiger partial charge in [0.1, 0.15) is 6.61 Å². The lowest BCUT2D eigenvalue weighted by atomic mass is 10.3.